The Labute approximate surface area is 158 Å². The second kappa shape index (κ2) is 6.99. The predicted molar refractivity (Wildman–Crippen MR) is 101 cm³/mol. The standard InChI is InChI=1S/C18H19N5O3S/c1-11-9-23-15(17(25)19-11)8-14(21-23)18(26)22-5-2-13(3-6-22)20-16(24)12-4-7-27-10-12/h4,7-10,13H,2-3,5-6H2,1H3,(H,19,25)(H,20,24). The number of carbonyl (C=O) groups excluding carboxylic acids is 2. The van der Waals surface area contributed by atoms with E-state index in [0.29, 0.717) is 42.7 Å². The molecule has 1 aliphatic rings. The van der Waals surface area contributed by atoms with E-state index in [4.69, 9.17) is 0 Å². The average Bonchev–Trinajstić information content (AvgIpc) is 3.31. The highest BCUT2D eigenvalue weighted by Gasteiger charge is 2.26. The lowest BCUT2D eigenvalue weighted by Crippen LogP contribution is -2.46. The van der Waals surface area contributed by atoms with Gasteiger partial charge in [0, 0.05) is 48.0 Å². The van der Waals surface area contributed by atoms with Gasteiger partial charge in [-0.25, -0.2) is 4.52 Å². The summed E-state index contributed by atoms with van der Waals surface area (Å²) >= 11 is 1.49. The summed E-state index contributed by atoms with van der Waals surface area (Å²) in [5.74, 6) is -0.269. The van der Waals surface area contributed by atoms with Gasteiger partial charge in [0.1, 0.15) is 5.52 Å². The molecule has 2 amide bonds. The number of thiophene rings is 1. The zero-order valence-electron chi connectivity index (χ0n) is 14.8. The molecule has 3 aromatic rings. The van der Waals surface area contributed by atoms with Crippen LogP contribution in [0.4, 0.5) is 0 Å². The summed E-state index contributed by atoms with van der Waals surface area (Å²) in [7, 11) is 0. The largest absolute Gasteiger partial charge is 0.349 e. The van der Waals surface area contributed by atoms with Crippen molar-refractivity contribution >= 4 is 28.7 Å². The van der Waals surface area contributed by atoms with Crippen LogP contribution in [-0.2, 0) is 0 Å². The summed E-state index contributed by atoms with van der Waals surface area (Å²) in [5.41, 5.74) is 1.69. The first-order valence-corrected chi connectivity index (χ1v) is 9.67. The summed E-state index contributed by atoms with van der Waals surface area (Å²) in [5, 5.41) is 11.0. The molecule has 4 rings (SSSR count). The highest BCUT2D eigenvalue weighted by atomic mass is 32.1. The number of H-pyrrole nitrogens is 1. The first-order chi connectivity index (χ1) is 13.0. The lowest BCUT2D eigenvalue weighted by Gasteiger charge is -2.31. The number of aromatic nitrogens is 3. The molecule has 0 bridgehead atoms. The van der Waals surface area contributed by atoms with Crippen molar-refractivity contribution in [1.29, 1.82) is 0 Å². The van der Waals surface area contributed by atoms with Gasteiger partial charge < -0.3 is 15.2 Å². The first kappa shape index (κ1) is 17.5. The van der Waals surface area contributed by atoms with E-state index in [0.717, 1.165) is 0 Å². The number of nitrogens with zero attached hydrogens (tertiary/aromatic N) is 3. The molecule has 1 aliphatic heterocycles. The SMILES string of the molecule is Cc1cn2nc(C(=O)N3CCC(NC(=O)c4ccsc4)CC3)cc2c(=O)[nH]1. The minimum atomic E-state index is -0.267. The number of piperidine rings is 1. The molecule has 1 saturated heterocycles. The Hall–Kier alpha value is -2.94. The highest BCUT2D eigenvalue weighted by Crippen LogP contribution is 2.15. The van der Waals surface area contributed by atoms with Gasteiger partial charge in [0.15, 0.2) is 5.69 Å². The fourth-order valence-electron chi connectivity index (χ4n) is 3.28. The predicted octanol–water partition coefficient (Wildman–Crippen LogP) is 1.43. The summed E-state index contributed by atoms with van der Waals surface area (Å²) in [6.07, 6.45) is 3.06. The minimum Gasteiger partial charge on any atom is -0.349 e. The molecular formula is C18H19N5O3S. The van der Waals surface area contributed by atoms with Crippen molar-refractivity contribution in [2.24, 2.45) is 0 Å². The van der Waals surface area contributed by atoms with Crippen molar-refractivity contribution in [2.75, 3.05) is 13.1 Å². The van der Waals surface area contributed by atoms with Crippen LogP contribution in [0.5, 0.6) is 0 Å². The van der Waals surface area contributed by atoms with Gasteiger partial charge >= 0.3 is 0 Å². The summed E-state index contributed by atoms with van der Waals surface area (Å²) in [6.45, 7) is 2.84. The van der Waals surface area contributed by atoms with Crippen molar-refractivity contribution in [3.05, 3.63) is 56.4 Å². The molecule has 0 atom stereocenters. The van der Waals surface area contributed by atoms with Gasteiger partial charge in [-0.05, 0) is 31.2 Å². The van der Waals surface area contributed by atoms with E-state index < -0.39 is 0 Å². The topological polar surface area (TPSA) is 99.6 Å². The molecule has 0 unspecified atom stereocenters. The van der Waals surface area contributed by atoms with Crippen molar-refractivity contribution in [1.82, 2.24) is 24.8 Å². The molecule has 4 heterocycles. The third-order valence-electron chi connectivity index (χ3n) is 4.71. The van der Waals surface area contributed by atoms with E-state index in [2.05, 4.69) is 15.4 Å². The second-order valence-corrected chi connectivity index (χ2v) is 7.46. The fraction of sp³-hybridized carbons (Fsp3) is 0.333. The Balaban J connectivity index is 1.41. The number of hydrogen-bond donors (Lipinski definition) is 2. The van der Waals surface area contributed by atoms with Gasteiger partial charge in [-0.3, -0.25) is 14.4 Å². The molecule has 0 spiro atoms. The Kier molecular flexibility index (Phi) is 4.53. The quantitative estimate of drug-likeness (QED) is 0.712. The molecule has 8 nitrogen and oxygen atoms in total. The van der Waals surface area contributed by atoms with Crippen LogP contribution in [0.3, 0.4) is 0 Å². The maximum absolute atomic E-state index is 12.7. The highest BCUT2D eigenvalue weighted by molar-refractivity contribution is 7.08. The number of carbonyl (C=O) groups is 2. The molecule has 0 saturated carbocycles. The second-order valence-electron chi connectivity index (χ2n) is 6.68. The number of aryl methyl sites for hydroxylation is 1. The van der Waals surface area contributed by atoms with Crippen LogP contribution in [-0.4, -0.2) is 50.4 Å². The summed E-state index contributed by atoms with van der Waals surface area (Å²) < 4.78 is 1.44. The number of amides is 2. The molecule has 27 heavy (non-hydrogen) atoms. The number of aromatic amines is 1. The lowest BCUT2D eigenvalue weighted by molar-refractivity contribution is 0.0692. The van der Waals surface area contributed by atoms with Crippen LogP contribution >= 0.6 is 11.3 Å². The monoisotopic (exact) mass is 385 g/mol. The van der Waals surface area contributed by atoms with Gasteiger partial charge in [-0.1, -0.05) is 0 Å². The molecule has 9 heteroatoms. The van der Waals surface area contributed by atoms with E-state index in [9.17, 15) is 14.4 Å². The van der Waals surface area contributed by atoms with Crippen molar-refractivity contribution in [3.63, 3.8) is 0 Å². The van der Waals surface area contributed by atoms with Crippen LogP contribution in [0.1, 0.15) is 39.4 Å². The minimum absolute atomic E-state index is 0.0491. The van der Waals surface area contributed by atoms with Crippen LogP contribution in [0.15, 0.2) is 33.9 Å². The zero-order valence-corrected chi connectivity index (χ0v) is 15.6. The molecular weight excluding hydrogens is 366 g/mol. The Bertz CT molecular complexity index is 1040. The molecule has 1 fully saturated rings. The van der Waals surface area contributed by atoms with E-state index in [1.807, 2.05) is 10.8 Å². The van der Waals surface area contributed by atoms with Crippen molar-refractivity contribution < 1.29 is 9.59 Å². The lowest BCUT2D eigenvalue weighted by atomic mass is 10.0. The molecule has 140 valence electrons. The van der Waals surface area contributed by atoms with Crippen molar-refractivity contribution in [3.8, 4) is 0 Å². The number of fused-ring (bicyclic) bond motifs is 1. The van der Waals surface area contributed by atoms with Crippen LogP contribution in [0.2, 0.25) is 0 Å². The maximum Gasteiger partial charge on any atom is 0.274 e. The molecule has 2 N–H and O–H groups in total. The van der Waals surface area contributed by atoms with Gasteiger partial charge in [0.05, 0.1) is 0 Å². The normalized spacial score (nSPS) is 15.2. The van der Waals surface area contributed by atoms with Gasteiger partial charge in [-0.2, -0.15) is 16.4 Å². The van der Waals surface area contributed by atoms with Crippen LogP contribution in [0.25, 0.3) is 5.52 Å². The smallest absolute Gasteiger partial charge is 0.274 e. The Morgan fingerprint density at radius 2 is 2.11 bits per heavy atom. The number of nitrogens with one attached hydrogen (secondary N) is 2. The number of rotatable bonds is 3. The van der Waals surface area contributed by atoms with E-state index >= 15 is 0 Å². The molecule has 3 aromatic heterocycles. The zero-order chi connectivity index (χ0) is 19.0. The Morgan fingerprint density at radius 1 is 1.33 bits per heavy atom. The third kappa shape index (κ3) is 3.50. The summed E-state index contributed by atoms with van der Waals surface area (Å²) in [4.78, 5) is 41.3. The van der Waals surface area contributed by atoms with E-state index in [1.165, 1.54) is 21.9 Å². The molecule has 0 radical (unpaired) electrons. The first-order valence-electron chi connectivity index (χ1n) is 8.73. The number of likely N-dealkylation sites (tertiary alicyclic amines) is 1. The average molecular weight is 385 g/mol. The van der Waals surface area contributed by atoms with Crippen LogP contribution < -0.4 is 10.9 Å². The molecule has 0 aliphatic carbocycles. The van der Waals surface area contributed by atoms with Crippen LogP contribution in [0, 0.1) is 6.92 Å². The number of hydrogen-bond acceptors (Lipinski definition) is 5. The summed E-state index contributed by atoms with van der Waals surface area (Å²) in [6, 6.07) is 3.37. The Morgan fingerprint density at radius 3 is 2.81 bits per heavy atom. The third-order valence-corrected chi connectivity index (χ3v) is 5.40. The fourth-order valence-corrected chi connectivity index (χ4v) is 3.91. The van der Waals surface area contributed by atoms with Crippen molar-refractivity contribution in [2.45, 2.75) is 25.8 Å². The molecule has 0 aromatic carbocycles. The van der Waals surface area contributed by atoms with E-state index in [1.54, 1.807) is 24.1 Å². The van der Waals surface area contributed by atoms with Gasteiger partial charge in [0.25, 0.3) is 17.4 Å². The maximum atomic E-state index is 12.7. The van der Waals surface area contributed by atoms with Gasteiger partial charge in [0.2, 0.25) is 0 Å². The van der Waals surface area contributed by atoms with E-state index in [-0.39, 0.29) is 29.1 Å². The van der Waals surface area contributed by atoms with Gasteiger partial charge in [-0.15, -0.1) is 0 Å².